The van der Waals surface area contributed by atoms with E-state index in [4.69, 9.17) is 5.11 Å². The van der Waals surface area contributed by atoms with Gasteiger partial charge in [0.25, 0.3) is 0 Å². The van der Waals surface area contributed by atoms with Crippen LogP contribution in [0.4, 0.5) is 0 Å². The average molecular weight is 197 g/mol. The van der Waals surface area contributed by atoms with E-state index in [0.717, 1.165) is 18.9 Å². The summed E-state index contributed by atoms with van der Waals surface area (Å²) in [5.74, 6) is 0.888. The van der Waals surface area contributed by atoms with Gasteiger partial charge in [0.1, 0.15) is 0 Å². The van der Waals surface area contributed by atoms with Gasteiger partial charge >= 0.3 is 5.97 Å². The van der Waals surface area contributed by atoms with Gasteiger partial charge in [0.05, 0.1) is 6.42 Å². The maximum atomic E-state index is 10.8. The standard InChI is InChI=1S/C11H19NO2/c1-12-7-11(6-10(13)14)5-8-3-2-4-9(8)11/h8-9,12H,2-7H2,1H3,(H,13,14)/t8-,9-,11-/m0/s1. The van der Waals surface area contributed by atoms with Gasteiger partial charge in [-0.05, 0) is 37.1 Å². The zero-order valence-electron chi connectivity index (χ0n) is 8.75. The van der Waals surface area contributed by atoms with Crippen molar-refractivity contribution in [2.45, 2.75) is 32.1 Å². The van der Waals surface area contributed by atoms with Crippen molar-refractivity contribution in [1.29, 1.82) is 0 Å². The quantitative estimate of drug-likeness (QED) is 0.718. The number of nitrogens with one attached hydrogen (secondary N) is 1. The third-order valence-corrected chi connectivity index (χ3v) is 4.15. The molecule has 0 unspecified atom stereocenters. The topological polar surface area (TPSA) is 49.3 Å². The van der Waals surface area contributed by atoms with Gasteiger partial charge in [-0.15, -0.1) is 0 Å². The van der Waals surface area contributed by atoms with Crippen LogP contribution >= 0.6 is 0 Å². The Bertz CT molecular complexity index is 241. The SMILES string of the molecule is CNC[C@@]1(CC(=O)O)C[C@@H]2CCC[C@@H]21. The van der Waals surface area contributed by atoms with Crippen molar-refractivity contribution in [1.82, 2.24) is 5.32 Å². The monoisotopic (exact) mass is 197 g/mol. The van der Waals surface area contributed by atoms with Crippen molar-refractivity contribution in [3.05, 3.63) is 0 Å². The predicted octanol–water partition coefficient (Wildman–Crippen LogP) is 1.49. The second kappa shape index (κ2) is 3.54. The number of carboxylic acid groups (broad SMARTS) is 1. The highest BCUT2D eigenvalue weighted by atomic mass is 16.4. The lowest BCUT2D eigenvalue weighted by Crippen LogP contribution is -2.51. The van der Waals surface area contributed by atoms with E-state index in [0.29, 0.717) is 12.3 Å². The lowest BCUT2D eigenvalue weighted by Gasteiger charge is -2.52. The molecule has 3 heteroatoms. The van der Waals surface area contributed by atoms with Gasteiger partial charge in [0.2, 0.25) is 0 Å². The molecule has 0 radical (unpaired) electrons. The molecule has 0 aliphatic heterocycles. The number of fused-ring (bicyclic) bond motifs is 1. The summed E-state index contributed by atoms with van der Waals surface area (Å²) in [6.07, 6.45) is 5.37. The third-order valence-electron chi connectivity index (χ3n) is 4.15. The molecule has 0 spiro atoms. The van der Waals surface area contributed by atoms with Crippen molar-refractivity contribution >= 4 is 5.97 Å². The van der Waals surface area contributed by atoms with Crippen molar-refractivity contribution < 1.29 is 9.90 Å². The van der Waals surface area contributed by atoms with E-state index < -0.39 is 5.97 Å². The Labute approximate surface area is 84.9 Å². The van der Waals surface area contributed by atoms with Crippen molar-refractivity contribution in [3.8, 4) is 0 Å². The molecule has 2 aliphatic carbocycles. The van der Waals surface area contributed by atoms with Gasteiger partial charge in [-0.25, -0.2) is 0 Å². The summed E-state index contributed by atoms with van der Waals surface area (Å²) in [7, 11) is 1.92. The summed E-state index contributed by atoms with van der Waals surface area (Å²) in [4.78, 5) is 10.8. The fourth-order valence-corrected chi connectivity index (χ4v) is 3.72. The predicted molar refractivity (Wildman–Crippen MR) is 54.1 cm³/mol. The smallest absolute Gasteiger partial charge is 0.303 e. The summed E-state index contributed by atoms with van der Waals surface area (Å²) in [5.41, 5.74) is 0.0851. The van der Waals surface area contributed by atoms with Gasteiger partial charge in [-0.2, -0.15) is 0 Å². The van der Waals surface area contributed by atoms with E-state index in [-0.39, 0.29) is 5.41 Å². The van der Waals surface area contributed by atoms with E-state index in [9.17, 15) is 4.79 Å². The van der Waals surface area contributed by atoms with Crippen LogP contribution in [0, 0.1) is 17.3 Å². The van der Waals surface area contributed by atoms with E-state index in [1.165, 1.54) is 19.3 Å². The molecule has 2 saturated carbocycles. The Morgan fingerprint density at radius 1 is 1.57 bits per heavy atom. The molecule has 2 rings (SSSR count). The van der Waals surface area contributed by atoms with Crippen LogP contribution in [-0.2, 0) is 4.79 Å². The average Bonchev–Trinajstić information content (AvgIpc) is 2.46. The van der Waals surface area contributed by atoms with Crippen LogP contribution in [0.1, 0.15) is 32.1 Å². The molecule has 2 N–H and O–H groups in total. The maximum absolute atomic E-state index is 10.8. The lowest BCUT2D eigenvalue weighted by molar-refractivity contribution is -0.145. The van der Waals surface area contributed by atoms with Crippen LogP contribution in [0.2, 0.25) is 0 Å². The minimum Gasteiger partial charge on any atom is -0.481 e. The molecule has 2 fully saturated rings. The number of rotatable bonds is 4. The molecule has 0 aromatic carbocycles. The van der Waals surface area contributed by atoms with Gasteiger partial charge in [0.15, 0.2) is 0 Å². The van der Waals surface area contributed by atoms with Crippen molar-refractivity contribution in [2.24, 2.45) is 17.3 Å². The van der Waals surface area contributed by atoms with Crippen LogP contribution in [0.3, 0.4) is 0 Å². The Morgan fingerprint density at radius 2 is 2.36 bits per heavy atom. The molecule has 3 nitrogen and oxygen atoms in total. The molecule has 0 saturated heterocycles. The molecule has 14 heavy (non-hydrogen) atoms. The van der Waals surface area contributed by atoms with Gasteiger partial charge < -0.3 is 10.4 Å². The number of carboxylic acids is 1. The van der Waals surface area contributed by atoms with Crippen LogP contribution in [-0.4, -0.2) is 24.7 Å². The van der Waals surface area contributed by atoms with E-state index in [1.54, 1.807) is 0 Å². The normalized spacial score (nSPS) is 40.4. The summed E-state index contributed by atoms with van der Waals surface area (Å²) in [6.45, 7) is 0.875. The molecular weight excluding hydrogens is 178 g/mol. The first kappa shape index (κ1) is 9.97. The number of hydrogen-bond acceptors (Lipinski definition) is 2. The molecule has 0 bridgehead atoms. The molecule has 80 valence electrons. The lowest BCUT2D eigenvalue weighted by atomic mass is 9.53. The number of carbonyl (C=O) groups is 1. The van der Waals surface area contributed by atoms with Crippen molar-refractivity contribution in [3.63, 3.8) is 0 Å². The Kier molecular flexibility index (Phi) is 2.52. The summed E-state index contributed by atoms with van der Waals surface area (Å²) >= 11 is 0. The Morgan fingerprint density at radius 3 is 2.93 bits per heavy atom. The Hall–Kier alpha value is -0.570. The largest absolute Gasteiger partial charge is 0.481 e. The second-order valence-corrected chi connectivity index (χ2v) is 4.96. The Balaban J connectivity index is 2.04. The zero-order chi connectivity index (χ0) is 10.2. The maximum Gasteiger partial charge on any atom is 0.303 e. The van der Waals surface area contributed by atoms with Crippen LogP contribution < -0.4 is 5.32 Å². The molecule has 0 amide bonds. The summed E-state index contributed by atoms with van der Waals surface area (Å²) in [6, 6.07) is 0. The number of hydrogen-bond donors (Lipinski definition) is 2. The number of aliphatic carboxylic acids is 1. The summed E-state index contributed by atoms with van der Waals surface area (Å²) < 4.78 is 0. The highest BCUT2D eigenvalue weighted by Crippen LogP contribution is 2.60. The first-order valence-corrected chi connectivity index (χ1v) is 5.54. The fraction of sp³-hybridized carbons (Fsp3) is 0.909. The van der Waals surface area contributed by atoms with E-state index in [2.05, 4.69) is 5.32 Å². The highest BCUT2D eigenvalue weighted by Gasteiger charge is 2.55. The third kappa shape index (κ3) is 1.44. The highest BCUT2D eigenvalue weighted by molar-refractivity contribution is 5.68. The van der Waals surface area contributed by atoms with E-state index in [1.807, 2.05) is 7.05 Å². The summed E-state index contributed by atoms with van der Waals surface area (Å²) in [5, 5.41) is 12.1. The van der Waals surface area contributed by atoms with Gasteiger partial charge in [-0.1, -0.05) is 12.8 Å². The minimum atomic E-state index is -0.634. The van der Waals surface area contributed by atoms with Gasteiger partial charge in [0, 0.05) is 6.54 Å². The van der Waals surface area contributed by atoms with Crippen LogP contribution in [0.5, 0.6) is 0 Å². The molecule has 0 heterocycles. The van der Waals surface area contributed by atoms with Crippen LogP contribution in [0.15, 0.2) is 0 Å². The molecule has 0 aromatic rings. The van der Waals surface area contributed by atoms with E-state index >= 15 is 0 Å². The molecule has 2 aliphatic rings. The minimum absolute atomic E-state index is 0.0851. The fourth-order valence-electron chi connectivity index (χ4n) is 3.72. The second-order valence-electron chi connectivity index (χ2n) is 4.96. The first-order chi connectivity index (χ1) is 6.68. The molecule has 0 aromatic heterocycles. The zero-order valence-corrected chi connectivity index (χ0v) is 8.75. The molecular formula is C11H19NO2. The van der Waals surface area contributed by atoms with Gasteiger partial charge in [-0.3, -0.25) is 4.79 Å². The van der Waals surface area contributed by atoms with Crippen molar-refractivity contribution in [2.75, 3.05) is 13.6 Å². The first-order valence-electron chi connectivity index (χ1n) is 5.54. The molecule has 3 atom stereocenters. The van der Waals surface area contributed by atoms with Crippen LogP contribution in [0.25, 0.3) is 0 Å².